The van der Waals surface area contributed by atoms with Crippen LogP contribution < -0.4 is 10.9 Å². The number of carbonyl (C=O) groups excluding carboxylic acids is 1. The number of hydrogen-bond donors (Lipinski definition) is 1. The summed E-state index contributed by atoms with van der Waals surface area (Å²) in [6.07, 6.45) is 1.71. The van der Waals surface area contributed by atoms with Gasteiger partial charge in [-0.05, 0) is 50.6 Å². The molecule has 3 heterocycles. The molecule has 2 aromatic carbocycles. The van der Waals surface area contributed by atoms with E-state index in [0.717, 1.165) is 55.3 Å². The number of ether oxygens (including phenoxy) is 1. The molecule has 8 heteroatoms. The molecule has 8 nitrogen and oxygen atoms in total. The Labute approximate surface area is 210 Å². The number of fused-ring (bicyclic) bond motifs is 1. The number of morpholine rings is 1. The van der Waals surface area contributed by atoms with Gasteiger partial charge in [-0.1, -0.05) is 30.3 Å². The number of aromatic nitrogens is 3. The summed E-state index contributed by atoms with van der Waals surface area (Å²) < 4.78 is 8.74. The van der Waals surface area contributed by atoms with Crippen molar-refractivity contribution in [3.63, 3.8) is 0 Å². The number of para-hydroxylation sites is 1. The first-order chi connectivity index (χ1) is 17.4. The molecule has 0 bridgehead atoms. The average molecular weight is 486 g/mol. The predicted molar refractivity (Wildman–Crippen MR) is 141 cm³/mol. The standard InChI is InChI=1S/C28H31N5O3/c1-19-25-17-29-33(24-7-5-4-6-8-24)28(35)26(25)20(2)32(19)21(3)27(34)30-23-11-9-22(10-12-23)18-31-13-15-36-16-14-31/h4-12,17,21H,13-16,18H2,1-3H3,(H,30,34)/t21-/m1/s1. The molecule has 1 atom stereocenters. The molecule has 0 radical (unpaired) electrons. The Hall–Kier alpha value is -3.75. The van der Waals surface area contributed by atoms with Gasteiger partial charge in [-0.15, -0.1) is 0 Å². The van der Waals surface area contributed by atoms with Gasteiger partial charge in [0.05, 0.1) is 30.5 Å². The summed E-state index contributed by atoms with van der Waals surface area (Å²) in [5.41, 5.74) is 4.06. The van der Waals surface area contributed by atoms with Gasteiger partial charge in [0.25, 0.3) is 5.56 Å². The van der Waals surface area contributed by atoms with Crippen molar-refractivity contribution in [2.24, 2.45) is 0 Å². The van der Waals surface area contributed by atoms with Crippen LogP contribution in [0.3, 0.4) is 0 Å². The molecule has 0 aliphatic carbocycles. The largest absolute Gasteiger partial charge is 0.379 e. The van der Waals surface area contributed by atoms with Crippen LogP contribution in [0.4, 0.5) is 5.69 Å². The van der Waals surface area contributed by atoms with E-state index in [0.29, 0.717) is 11.1 Å². The van der Waals surface area contributed by atoms with Gasteiger partial charge in [0.15, 0.2) is 0 Å². The van der Waals surface area contributed by atoms with Gasteiger partial charge in [0.1, 0.15) is 6.04 Å². The number of anilines is 1. The summed E-state index contributed by atoms with van der Waals surface area (Å²) in [6, 6.07) is 16.8. The predicted octanol–water partition coefficient (Wildman–Crippen LogP) is 3.84. The lowest BCUT2D eigenvalue weighted by Crippen LogP contribution is -2.35. The maximum atomic E-state index is 13.3. The number of nitrogens with one attached hydrogen (secondary N) is 1. The molecule has 5 rings (SSSR count). The van der Waals surface area contributed by atoms with Crippen molar-refractivity contribution in [3.8, 4) is 5.69 Å². The van der Waals surface area contributed by atoms with E-state index >= 15 is 0 Å². The molecule has 4 aromatic rings. The summed E-state index contributed by atoms with van der Waals surface area (Å²) in [4.78, 5) is 28.9. The van der Waals surface area contributed by atoms with Crippen LogP contribution in [0.5, 0.6) is 0 Å². The molecule has 186 valence electrons. The fourth-order valence-corrected chi connectivity index (χ4v) is 4.99. The molecule has 1 aliphatic rings. The van der Waals surface area contributed by atoms with Gasteiger partial charge < -0.3 is 14.6 Å². The monoisotopic (exact) mass is 485 g/mol. The minimum Gasteiger partial charge on any atom is -0.379 e. The normalized spacial score (nSPS) is 15.2. The first-order valence-corrected chi connectivity index (χ1v) is 12.3. The van der Waals surface area contributed by atoms with E-state index in [-0.39, 0.29) is 11.5 Å². The highest BCUT2D eigenvalue weighted by molar-refractivity contribution is 5.95. The molecule has 1 fully saturated rings. The van der Waals surface area contributed by atoms with Crippen molar-refractivity contribution in [3.05, 3.63) is 88.1 Å². The molecular weight excluding hydrogens is 454 g/mol. The highest BCUT2D eigenvalue weighted by Crippen LogP contribution is 2.27. The van der Waals surface area contributed by atoms with Gasteiger partial charge in [0.2, 0.25) is 5.91 Å². The average Bonchev–Trinajstić information content (AvgIpc) is 3.16. The van der Waals surface area contributed by atoms with Crippen LogP contribution in [0.15, 0.2) is 65.6 Å². The molecule has 0 unspecified atom stereocenters. The van der Waals surface area contributed by atoms with E-state index in [2.05, 4.69) is 15.3 Å². The maximum Gasteiger partial charge on any atom is 0.281 e. The molecule has 2 aromatic heterocycles. The number of amides is 1. The fraction of sp³-hybridized carbons (Fsp3) is 0.321. The number of hydrogen-bond acceptors (Lipinski definition) is 5. The number of carbonyl (C=O) groups is 1. The number of rotatable bonds is 6. The highest BCUT2D eigenvalue weighted by Gasteiger charge is 2.24. The topological polar surface area (TPSA) is 81.4 Å². The molecule has 1 aliphatic heterocycles. The minimum absolute atomic E-state index is 0.140. The Bertz CT molecular complexity index is 1430. The van der Waals surface area contributed by atoms with Crippen molar-refractivity contribution in [2.45, 2.75) is 33.4 Å². The summed E-state index contributed by atoms with van der Waals surface area (Å²) in [5.74, 6) is -0.140. The third-order valence-electron chi connectivity index (χ3n) is 6.95. The van der Waals surface area contributed by atoms with Crippen molar-refractivity contribution >= 4 is 22.4 Å². The van der Waals surface area contributed by atoms with Crippen molar-refractivity contribution in [1.82, 2.24) is 19.2 Å². The van der Waals surface area contributed by atoms with E-state index in [1.807, 2.05) is 79.9 Å². The summed E-state index contributed by atoms with van der Waals surface area (Å²) >= 11 is 0. The molecule has 1 N–H and O–H groups in total. The molecule has 0 saturated carbocycles. The second-order valence-corrected chi connectivity index (χ2v) is 9.28. The Morgan fingerprint density at radius 2 is 1.72 bits per heavy atom. The Morgan fingerprint density at radius 3 is 2.42 bits per heavy atom. The zero-order chi connectivity index (χ0) is 25.2. The van der Waals surface area contributed by atoms with Crippen LogP contribution in [0.25, 0.3) is 16.5 Å². The lowest BCUT2D eigenvalue weighted by atomic mass is 10.1. The summed E-state index contributed by atoms with van der Waals surface area (Å²) in [7, 11) is 0. The SMILES string of the molecule is Cc1c2cnn(-c3ccccc3)c(=O)c2c(C)n1[C@H](C)C(=O)Nc1ccc(CN2CCOCC2)cc1. The first-order valence-electron chi connectivity index (χ1n) is 12.3. The zero-order valence-corrected chi connectivity index (χ0v) is 20.9. The third kappa shape index (κ3) is 4.57. The second-order valence-electron chi connectivity index (χ2n) is 9.28. The van der Waals surface area contributed by atoms with Gasteiger partial charge in [0, 0.05) is 42.1 Å². The van der Waals surface area contributed by atoms with Crippen LogP contribution in [-0.2, 0) is 16.1 Å². The second kappa shape index (κ2) is 10.1. The van der Waals surface area contributed by atoms with E-state index in [1.165, 1.54) is 10.2 Å². The lowest BCUT2D eigenvalue weighted by Gasteiger charge is -2.26. The van der Waals surface area contributed by atoms with E-state index in [4.69, 9.17) is 4.74 Å². The van der Waals surface area contributed by atoms with Crippen LogP contribution in [0.1, 0.15) is 29.9 Å². The van der Waals surface area contributed by atoms with Gasteiger partial charge in [-0.25, -0.2) is 0 Å². The van der Waals surface area contributed by atoms with Gasteiger partial charge in [-0.3, -0.25) is 14.5 Å². The fourth-order valence-electron chi connectivity index (χ4n) is 4.99. The van der Waals surface area contributed by atoms with E-state index < -0.39 is 6.04 Å². The van der Waals surface area contributed by atoms with Gasteiger partial charge in [-0.2, -0.15) is 9.78 Å². The molecule has 0 spiro atoms. The van der Waals surface area contributed by atoms with E-state index in [9.17, 15) is 9.59 Å². The molecule has 1 saturated heterocycles. The highest BCUT2D eigenvalue weighted by atomic mass is 16.5. The Kier molecular flexibility index (Phi) is 6.71. The number of nitrogens with zero attached hydrogens (tertiary/aromatic N) is 4. The quantitative estimate of drug-likeness (QED) is 0.449. The number of benzene rings is 2. The Balaban J connectivity index is 1.36. The number of aryl methyl sites for hydroxylation is 2. The summed E-state index contributed by atoms with van der Waals surface area (Å²) in [5, 5.41) is 8.77. The lowest BCUT2D eigenvalue weighted by molar-refractivity contribution is -0.118. The first kappa shape index (κ1) is 24.0. The zero-order valence-electron chi connectivity index (χ0n) is 20.9. The maximum absolute atomic E-state index is 13.3. The molecule has 36 heavy (non-hydrogen) atoms. The van der Waals surface area contributed by atoms with Crippen molar-refractivity contribution in [2.75, 3.05) is 31.6 Å². The van der Waals surface area contributed by atoms with Gasteiger partial charge >= 0.3 is 0 Å². The molecule has 1 amide bonds. The molecular formula is C28H31N5O3. The van der Waals surface area contributed by atoms with Crippen molar-refractivity contribution in [1.29, 1.82) is 0 Å². The van der Waals surface area contributed by atoms with Crippen LogP contribution >= 0.6 is 0 Å². The summed E-state index contributed by atoms with van der Waals surface area (Å²) in [6.45, 7) is 9.95. The van der Waals surface area contributed by atoms with E-state index in [1.54, 1.807) is 6.20 Å². The minimum atomic E-state index is -0.505. The third-order valence-corrected chi connectivity index (χ3v) is 6.95. The Morgan fingerprint density at radius 1 is 1.03 bits per heavy atom. The van der Waals surface area contributed by atoms with Crippen LogP contribution in [0.2, 0.25) is 0 Å². The smallest absolute Gasteiger partial charge is 0.281 e. The van der Waals surface area contributed by atoms with Crippen LogP contribution in [0, 0.1) is 13.8 Å². The van der Waals surface area contributed by atoms with Crippen LogP contribution in [-0.4, -0.2) is 51.5 Å². The van der Waals surface area contributed by atoms with Crippen molar-refractivity contribution < 1.29 is 9.53 Å².